The van der Waals surface area contributed by atoms with Crippen molar-refractivity contribution >= 4 is 22.7 Å². The summed E-state index contributed by atoms with van der Waals surface area (Å²) in [6.45, 7) is 0. The summed E-state index contributed by atoms with van der Waals surface area (Å²) in [5, 5.41) is 0. The molecule has 2 aromatic carbocycles. The first-order valence-corrected chi connectivity index (χ1v) is 9.22. The Labute approximate surface area is 165 Å². The van der Waals surface area contributed by atoms with Crippen molar-refractivity contribution in [2.75, 3.05) is 23.9 Å². The number of anilines is 4. The van der Waals surface area contributed by atoms with E-state index in [9.17, 15) is 0 Å². The van der Waals surface area contributed by atoms with Crippen LogP contribution in [0, 0.1) is 0 Å². The minimum atomic E-state index is 0.860. The average molecular weight is 366 g/mol. The molecule has 0 N–H and O–H groups in total. The van der Waals surface area contributed by atoms with Gasteiger partial charge in [-0.25, -0.2) is 0 Å². The molecule has 0 saturated carbocycles. The highest BCUT2D eigenvalue weighted by Gasteiger charge is 2.08. The van der Waals surface area contributed by atoms with Crippen molar-refractivity contribution in [2.24, 2.45) is 0 Å². The van der Waals surface area contributed by atoms with Crippen molar-refractivity contribution in [3.05, 3.63) is 97.3 Å². The topological polar surface area (TPSA) is 32.3 Å². The molecule has 0 amide bonds. The fourth-order valence-electron chi connectivity index (χ4n) is 3.07. The highest BCUT2D eigenvalue weighted by molar-refractivity contribution is 5.66. The molecule has 0 radical (unpaired) electrons. The highest BCUT2D eigenvalue weighted by Crippen LogP contribution is 2.26. The zero-order chi connectivity index (χ0) is 19.3. The van der Waals surface area contributed by atoms with Crippen LogP contribution in [0.5, 0.6) is 0 Å². The van der Waals surface area contributed by atoms with E-state index in [2.05, 4.69) is 56.2 Å². The van der Waals surface area contributed by atoms with Crippen LogP contribution in [0.4, 0.5) is 22.7 Å². The Morgan fingerprint density at radius 2 is 0.857 bits per heavy atom. The molecule has 2 heterocycles. The number of nitrogens with zero attached hydrogens (tertiary/aromatic N) is 4. The first kappa shape index (κ1) is 17.7. The smallest absolute Gasteiger partial charge is 0.0887 e. The zero-order valence-corrected chi connectivity index (χ0v) is 16.0. The van der Waals surface area contributed by atoms with Crippen LogP contribution in [0.2, 0.25) is 0 Å². The van der Waals surface area contributed by atoms with Gasteiger partial charge in [0.2, 0.25) is 0 Å². The zero-order valence-electron chi connectivity index (χ0n) is 16.0. The molecule has 0 atom stereocenters. The van der Waals surface area contributed by atoms with Crippen molar-refractivity contribution in [1.82, 2.24) is 9.97 Å². The van der Waals surface area contributed by atoms with Crippen LogP contribution in [0.3, 0.4) is 0 Å². The monoisotopic (exact) mass is 366 g/mol. The number of hydrogen-bond donors (Lipinski definition) is 0. The molecule has 4 rings (SSSR count). The van der Waals surface area contributed by atoms with Crippen LogP contribution in [-0.4, -0.2) is 24.1 Å². The maximum Gasteiger partial charge on any atom is 0.0887 e. The highest BCUT2D eigenvalue weighted by atomic mass is 15.1. The average Bonchev–Trinajstić information content (AvgIpc) is 2.79. The second kappa shape index (κ2) is 7.92. The van der Waals surface area contributed by atoms with Crippen LogP contribution in [-0.2, 0) is 0 Å². The van der Waals surface area contributed by atoms with Crippen molar-refractivity contribution < 1.29 is 0 Å². The number of aromatic nitrogens is 2. The summed E-state index contributed by atoms with van der Waals surface area (Å²) in [5.74, 6) is 0. The van der Waals surface area contributed by atoms with Gasteiger partial charge in [0.15, 0.2) is 0 Å². The molecule has 2 aromatic heterocycles. The summed E-state index contributed by atoms with van der Waals surface area (Å²) in [5.41, 5.74) is 6.05. The third-order valence-corrected chi connectivity index (χ3v) is 4.82. The summed E-state index contributed by atoms with van der Waals surface area (Å²) >= 11 is 0. The molecule has 4 heteroatoms. The normalized spacial score (nSPS) is 10.5. The maximum absolute atomic E-state index is 4.61. The first-order valence-electron chi connectivity index (χ1n) is 9.22. The quantitative estimate of drug-likeness (QED) is 0.455. The lowest BCUT2D eigenvalue weighted by molar-refractivity contribution is 1.15. The third kappa shape index (κ3) is 3.71. The Bertz CT molecular complexity index is 927. The lowest BCUT2D eigenvalue weighted by Gasteiger charge is -2.20. The summed E-state index contributed by atoms with van der Waals surface area (Å²) in [6, 6.07) is 28.7. The summed E-state index contributed by atoms with van der Waals surface area (Å²) < 4.78 is 0. The van der Waals surface area contributed by atoms with E-state index >= 15 is 0 Å². The van der Waals surface area contributed by atoms with Gasteiger partial charge in [-0.3, -0.25) is 9.97 Å². The van der Waals surface area contributed by atoms with Gasteiger partial charge in [-0.2, -0.15) is 0 Å². The van der Waals surface area contributed by atoms with Gasteiger partial charge in [-0.05, 0) is 48.5 Å². The van der Waals surface area contributed by atoms with E-state index in [1.54, 1.807) is 0 Å². The van der Waals surface area contributed by atoms with Crippen LogP contribution in [0.15, 0.2) is 97.3 Å². The van der Waals surface area contributed by atoms with Gasteiger partial charge in [0.05, 0.1) is 35.2 Å². The van der Waals surface area contributed by atoms with Crippen molar-refractivity contribution in [3.63, 3.8) is 0 Å². The molecule has 0 aliphatic carbocycles. The second-order valence-electron chi connectivity index (χ2n) is 6.59. The third-order valence-electron chi connectivity index (χ3n) is 4.82. The molecule has 138 valence electrons. The molecule has 4 nitrogen and oxygen atoms in total. The number of para-hydroxylation sites is 2. The summed E-state index contributed by atoms with van der Waals surface area (Å²) in [7, 11) is 4.08. The van der Waals surface area contributed by atoms with Crippen molar-refractivity contribution in [2.45, 2.75) is 0 Å². The Hall–Kier alpha value is -3.66. The standard InChI is InChI=1S/C24H22N4/c1-27(19-9-5-3-6-10-19)21-13-15-23(25-17-21)24-16-14-22(18-26-24)28(2)20-11-7-4-8-12-20/h3-18H,1-2H3. The fourth-order valence-corrected chi connectivity index (χ4v) is 3.07. The fraction of sp³-hybridized carbons (Fsp3) is 0.0833. The Morgan fingerprint density at radius 3 is 1.18 bits per heavy atom. The van der Waals surface area contributed by atoms with E-state index in [-0.39, 0.29) is 0 Å². The minimum Gasteiger partial charge on any atom is -0.343 e. The molecule has 0 unspecified atom stereocenters. The molecular weight excluding hydrogens is 344 g/mol. The van der Waals surface area contributed by atoms with Gasteiger partial charge < -0.3 is 9.80 Å². The largest absolute Gasteiger partial charge is 0.343 e. The number of hydrogen-bond acceptors (Lipinski definition) is 4. The van der Waals surface area contributed by atoms with E-state index < -0.39 is 0 Å². The molecule has 0 fully saturated rings. The molecular formula is C24H22N4. The van der Waals surface area contributed by atoms with Gasteiger partial charge in [0, 0.05) is 25.5 Å². The van der Waals surface area contributed by atoms with Crippen LogP contribution < -0.4 is 9.80 Å². The Morgan fingerprint density at radius 1 is 0.464 bits per heavy atom. The van der Waals surface area contributed by atoms with E-state index in [1.165, 1.54) is 0 Å². The van der Waals surface area contributed by atoms with Gasteiger partial charge in [0.25, 0.3) is 0 Å². The van der Waals surface area contributed by atoms with Gasteiger partial charge in [-0.1, -0.05) is 36.4 Å². The number of pyridine rings is 2. The molecule has 0 bridgehead atoms. The van der Waals surface area contributed by atoms with Crippen LogP contribution in [0.25, 0.3) is 11.4 Å². The summed E-state index contributed by atoms with van der Waals surface area (Å²) in [4.78, 5) is 13.4. The summed E-state index contributed by atoms with van der Waals surface area (Å²) in [6.07, 6.45) is 3.77. The lowest BCUT2D eigenvalue weighted by atomic mass is 10.2. The Kier molecular flexibility index (Phi) is 5.02. The van der Waals surface area contributed by atoms with E-state index in [1.807, 2.05) is 75.0 Å². The van der Waals surface area contributed by atoms with Gasteiger partial charge in [-0.15, -0.1) is 0 Å². The molecule has 4 aromatic rings. The Balaban J connectivity index is 1.52. The van der Waals surface area contributed by atoms with Crippen molar-refractivity contribution in [1.29, 1.82) is 0 Å². The SMILES string of the molecule is CN(c1ccccc1)c1ccc(-c2ccc(N(C)c3ccccc3)cn2)nc1. The molecule has 0 aliphatic rings. The minimum absolute atomic E-state index is 0.860. The number of rotatable bonds is 5. The van der Waals surface area contributed by atoms with E-state index in [0.29, 0.717) is 0 Å². The predicted molar refractivity (Wildman–Crippen MR) is 116 cm³/mol. The van der Waals surface area contributed by atoms with Gasteiger partial charge in [0.1, 0.15) is 0 Å². The van der Waals surface area contributed by atoms with Crippen molar-refractivity contribution in [3.8, 4) is 11.4 Å². The first-order chi connectivity index (χ1) is 13.7. The molecule has 0 spiro atoms. The molecule has 28 heavy (non-hydrogen) atoms. The van der Waals surface area contributed by atoms with E-state index in [0.717, 1.165) is 34.1 Å². The van der Waals surface area contributed by atoms with Crippen LogP contribution >= 0.6 is 0 Å². The number of benzene rings is 2. The molecule has 0 saturated heterocycles. The van der Waals surface area contributed by atoms with Crippen LogP contribution in [0.1, 0.15) is 0 Å². The maximum atomic E-state index is 4.61. The predicted octanol–water partition coefficient (Wildman–Crippen LogP) is 5.68. The molecule has 0 aliphatic heterocycles. The van der Waals surface area contributed by atoms with E-state index in [4.69, 9.17) is 0 Å². The van der Waals surface area contributed by atoms with Gasteiger partial charge >= 0.3 is 0 Å². The lowest BCUT2D eigenvalue weighted by Crippen LogP contribution is -2.10. The second-order valence-corrected chi connectivity index (χ2v) is 6.59.